The van der Waals surface area contributed by atoms with Crippen molar-refractivity contribution in [3.63, 3.8) is 0 Å². The van der Waals surface area contributed by atoms with Crippen LogP contribution in [0.3, 0.4) is 0 Å². The maximum absolute atomic E-state index is 13.8. The van der Waals surface area contributed by atoms with Crippen LogP contribution in [0.5, 0.6) is 0 Å². The van der Waals surface area contributed by atoms with Crippen LogP contribution in [0.4, 0.5) is 0 Å². The molecule has 1 aliphatic rings. The van der Waals surface area contributed by atoms with Crippen molar-refractivity contribution in [2.24, 2.45) is 0 Å². The smallest absolute Gasteiger partial charge is 0.306 e. The van der Waals surface area contributed by atoms with Crippen LogP contribution in [-0.2, 0) is 24.0 Å². The molecule has 3 rings (SSSR count). The first-order chi connectivity index (χ1) is 18.1. The van der Waals surface area contributed by atoms with Crippen LogP contribution < -0.4 is 5.32 Å². The lowest BCUT2D eigenvalue weighted by atomic mass is 9.90. The van der Waals surface area contributed by atoms with Gasteiger partial charge in [-0.25, -0.2) is 5.06 Å². The first kappa shape index (κ1) is 29.3. The van der Waals surface area contributed by atoms with Gasteiger partial charge in [-0.05, 0) is 44.7 Å². The Morgan fingerprint density at radius 1 is 1.05 bits per heavy atom. The second-order valence-corrected chi connectivity index (χ2v) is 10.8. The van der Waals surface area contributed by atoms with Crippen LogP contribution in [-0.4, -0.2) is 72.7 Å². The summed E-state index contributed by atoms with van der Waals surface area (Å²) in [6.45, 7) is 6.53. The van der Waals surface area contributed by atoms with E-state index < -0.39 is 11.6 Å². The molecule has 1 heterocycles. The van der Waals surface area contributed by atoms with Gasteiger partial charge in [0, 0.05) is 38.5 Å². The van der Waals surface area contributed by atoms with Crippen molar-refractivity contribution in [2.45, 2.75) is 70.1 Å². The van der Waals surface area contributed by atoms with Crippen molar-refractivity contribution < 1.29 is 24.0 Å². The van der Waals surface area contributed by atoms with Crippen LogP contribution in [0.25, 0.3) is 0 Å². The molecule has 0 aromatic heterocycles. The molecule has 2 aromatic carbocycles. The van der Waals surface area contributed by atoms with E-state index in [2.05, 4.69) is 29.6 Å². The number of rotatable bonds is 10. The molecule has 0 bridgehead atoms. The molecule has 8 heteroatoms. The molecule has 2 amide bonds. The third kappa shape index (κ3) is 8.67. The van der Waals surface area contributed by atoms with Crippen LogP contribution in [0, 0.1) is 0 Å². The molecule has 0 radical (unpaired) electrons. The molecular weight excluding hydrogens is 482 g/mol. The molecule has 8 nitrogen and oxygen atoms in total. The summed E-state index contributed by atoms with van der Waals surface area (Å²) < 4.78 is 5.47. The van der Waals surface area contributed by atoms with Gasteiger partial charge in [0.05, 0.1) is 19.6 Å². The van der Waals surface area contributed by atoms with Gasteiger partial charge in [-0.15, -0.1) is 0 Å². The highest BCUT2D eigenvalue weighted by Gasteiger charge is 2.35. The Morgan fingerprint density at radius 2 is 1.63 bits per heavy atom. The molecule has 1 aliphatic heterocycles. The van der Waals surface area contributed by atoms with E-state index in [4.69, 9.17) is 9.57 Å². The van der Waals surface area contributed by atoms with Gasteiger partial charge in [-0.1, -0.05) is 60.7 Å². The number of nitrogens with zero attached hydrogens (tertiary/aromatic N) is 2. The largest absolute Gasteiger partial charge is 0.460 e. The van der Waals surface area contributed by atoms with Crippen LogP contribution in [0.15, 0.2) is 60.7 Å². The maximum atomic E-state index is 13.8. The standard InChI is InChI=1S/C30H41N3O5/c1-30(2,3)38-28(35)17-16-24-18-19-33(29(36)26(31-24)20-27(34)32(4)37-5)21-25(22-12-8-6-9-13-22)23-14-10-7-11-15-23/h6-15,24-26,31H,16-21H2,1-5H3/t24-,26+/m1/s1. The summed E-state index contributed by atoms with van der Waals surface area (Å²) >= 11 is 0. The Hall–Kier alpha value is -3.23. The molecule has 1 saturated heterocycles. The molecule has 2 atom stereocenters. The molecule has 2 aromatic rings. The number of hydroxylamine groups is 2. The predicted molar refractivity (Wildman–Crippen MR) is 146 cm³/mol. The summed E-state index contributed by atoms with van der Waals surface area (Å²) in [7, 11) is 2.95. The molecule has 1 fully saturated rings. The van der Waals surface area contributed by atoms with Gasteiger partial charge in [0.15, 0.2) is 0 Å². The van der Waals surface area contributed by atoms with Gasteiger partial charge in [0.1, 0.15) is 5.60 Å². The number of esters is 1. The predicted octanol–water partition coefficient (Wildman–Crippen LogP) is 3.91. The van der Waals surface area contributed by atoms with E-state index in [-0.39, 0.29) is 42.6 Å². The number of benzene rings is 2. The zero-order valence-corrected chi connectivity index (χ0v) is 23.2. The Balaban J connectivity index is 1.82. The lowest BCUT2D eigenvalue weighted by Crippen LogP contribution is -2.49. The minimum absolute atomic E-state index is 0.0161. The summed E-state index contributed by atoms with van der Waals surface area (Å²) in [5.74, 6) is -0.711. The van der Waals surface area contributed by atoms with Crippen LogP contribution in [0.2, 0.25) is 0 Å². The fraction of sp³-hybridized carbons (Fsp3) is 0.500. The highest BCUT2D eigenvalue weighted by Crippen LogP contribution is 2.27. The van der Waals surface area contributed by atoms with Gasteiger partial charge < -0.3 is 15.0 Å². The number of carbonyl (C=O) groups excluding carboxylic acids is 3. The Bertz CT molecular complexity index is 1020. The van der Waals surface area contributed by atoms with Crippen LogP contribution >= 0.6 is 0 Å². The van der Waals surface area contributed by atoms with E-state index in [0.717, 1.165) is 16.2 Å². The van der Waals surface area contributed by atoms with Crippen molar-refractivity contribution in [1.82, 2.24) is 15.3 Å². The van der Waals surface area contributed by atoms with E-state index in [0.29, 0.717) is 25.9 Å². The average Bonchev–Trinajstić information content (AvgIpc) is 3.04. The summed E-state index contributed by atoms with van der Waals surface area (Å²) in [6.07, 6.45) is 1.37. The van der Waals surface area contributed by atoms with Gasteiger partial charge >= 0.3 is 5.97 Å². The first-order valence-corrected chi connectivity index (χ1v) is 13.2. The summed E-state index contributed by atoms with van der Waals surface area (Å²) in [5, 5.41) is 4.51. The van der Waals surface area contributed by atoms with Gasteiger partial charge in [0.25, 0.3) is 0 Å². The topological polar surface area (TPSA) is 88.2 Å². The highest BCUT2D eigenvalue weighted by molar-refractivity contribution is 5.88. The van der Waals surface area contributed by atoms with Crippen LogP contribution in [0.1, 0.15) is 63.5 Å². The molecule has 0 aliphatic carbocycles. The summed E-state index contributed by atoms with van der Waals surface area (Å²) in [6, 6.07) is 19.5. The third-order valence-electron chi connectivity index (χ3n) is 6.72. The summed E-state index contributed by atoms with van der Waals surface area (Å²) in [4.78, 5) is 45.8. The van der Waals surface area contributed by atoms with Crippen molar-refractivity contribution in [3.05, 3.63) is 71.8 Å². The fourth-order valence-corrected chi connectivity index (χ4v) is 4.72. The monoisotopic (exact) mass is 523 g/mol. The number of hydrogen-bond acceptors (Lipinski definition) is 6. The van der Waals surface area contributed by atoms with Crippen molar-refractivity contribution >= 4 is 17.8 Å². The Kier molecular flexibility index (Phi) is 10.4. The minimum atomic E-state index is -0.724. The molecule has 206 valence electrons. The Labute approximate surface area is 226 Å². The SMILES string of the molecule is CON(C)C(=O)C[C@@H]1N[C@H](CCC(=O)OC(C)(C)C)CCN(CC(c2ccccc2)c2ccccc2)C1=O. The van der Waals surface area contributed by atoms with E-state index in [9.17, 15) is 14.4 Å². The molecule has 0 saturated carbocycles. The highest BCUT2D eigenvalue weighted by atomic mass is 16.7. The maximum Gasteiger partial charge on any atom is 0.306 e. The van der Waals surface area contributed by atoms with Gasteiger partial charge in [-0.3, -0.25) is 19.2 Å². The second-order valence-electron chi connectivity index (χ2n) is 10.8. The number of nitrogens with one attached hydrogen (secondary N) is 1. The normalized spacial score (nSPS) is 18.3. The van der Waals surface area contributed by atoms with Gasteiger partial charge in [0.2, 0.25) is 11.8 Å². The lowest BCUT2D eigenvalue weighted by Gasteiger charge is -2.29. The molecule has 0 unspecified atom stereocenters. The number of amides is 2. The van der Waals surface area contributed by atoms with E-state index in [1.807, 2.05) is 62.1 Å². The number of hydrogen-bond donors (Lipinski definition) is 1. The number of ether oxygens (including phenoxy) is 1. The molecule has 0 spiro atoms. The third-order valence-corrected chi connectivity index (χ3v) is 6.72. The zero-order chi connectivity index (χ0) is 27.7. The molecule has 38 heavy (non-hydrogen) atoms. The van der Waals surface area contributed by atoms with Crippen molar-refractivity contribution in [3.8, 4) is 0 Å². The van der Waals surface area contributed by atoms with E-state index in [1.54, 1.807) is 0 Å². The number of carbonyl (C=O) groups is 3. The van der Waals surface area contributed by atoms with E-state index in [1.165, 1.54) is 14.2 Å². The fourth-order valence-electron chi connectivity index (χ4n) is 4.72. The van der Waals surface area contributed by atoms with Crippen molar-refractivity contribution in [2.75, 3.05) is 27.2 Å². The van der Waals surface area contributed by atoms with Gasteiger partial charge in [-0.2, -0.15) is 0 Å². The first-order valence-electron chi connectivity index (χ1n) is 13.2. The summed E-state index contributed by atoms with van der Waals surface area (Å²) in [5.41, 5.74) is 1.69. The van der Waals surface area contributed by atoms with E-state index >= 15 is 0 Å². The minimum Gasteiger partial charge on any atom is -0.460 e. The molecular formula is C30H41N3O5. The second kappa shape index (κ2) is 13.5. The lowest BCUT2D eigenvalue weighted by molar-refractivity contribution is -0.170. The zero-order valence-electron chi connectivity index (χ0n) is 23.2. The van der Waals surface area contributed by atoms with Crippen molar-refractivity contribution in [1.29, 1.82) is 0 Å². The Morgan fingerprint density at radius 3 is 2.16 bits per heavy atom. The average molecular weight is 524 g/mol. The quantitative estimate of drug-likeness (QED) is 0.375. The molecule has 1 N–H and O–H groups in total.